The molecule has 7 nitrogen and oxygen atoms in total. The van der Waals surface area contributed by atoms with E-state index in [4.69, 9.17) is 23.7 Å². The fourth-order valence-electron chi connectivity index (χ4n) is 5.87. The molecule has 3 aliphatic rings. The van der Waals surface area contributed by atoms with Gasteiger partial charge in [0.2, 0.25) is 12.5 Å². The van der Waals surface area contributed by atoms with Crippen molar-refractivity contribution in [3.8, 4) is 40.2 Å². The Hall–Kier alpha value is -3.89. The predicted molar refractivity (Wildman–Crippen MR) is 149 cm³/mol. The highest BCUT2D eigenvalue weighted by Crippen LogP contribution is 2.57. The third-order valence-corrected chi connectivity index (χ3v) is 7.98. The fraction of sp³-hybridized carbons (Fsp3) is 0.406. The minimum absolute atomic E-state index is 0.122. The Morgan fingerprint density at radius 2 is 1.92 bits per heavy atom. The molecule has 7 heteroatoms. The van der Waals surface area contributed by atoms with Gasteiger partial charge >= 0.3 is 5.97 Å². The second-order valence-corrected chi connectivity index (χ2v) is 10.1. The Bertz CT molecular complexity index is 1460. The Morgan fingerprint density at radius 3 is 2.62 bits per heavy atom. The highest BCUT2D eigenvalue weighted by molar-refractivity contribution is 5.96. The topological polar surface area (TPSA) is 66.5 Å². The van der Waals surface area contributed by atoms with Gasteiger partial charge in [0.15, 0.2) is 11.5 Å². The van der Waals surface area contributed by atoms with Crippen molar-refractivity contribution in [2.75, 3.05) is 34.6 Å². The van der Waals surface area contributed by atoms with Crippen LogP contribution >= 0.6 is 0 Å². The van der Waals surface area contributed by atoms with Crippen molar-refractivity contribution in [2.24, 2.45) is 0 Å². The number of likely N-dealkylation sites (N-methyl/N-ethyl adjacent to an activating group) is 1. The van der Waals surface area contributed by atoms with Crippen LogP contribution in [-0.2, 0) is 20.7 Å². The van der Waals surface area contributed by atoms with Gasteiger partial charge < -0.3 is 23.7 Å². The standard InChI is InChI=1S/C32H35NO6/c1-8-9-10-11-23(35-6)24-20(4)28(39-32(24)34)27-26-22(14-15-33(27)5)25(21-13-12-18(2)19(3)16-21)30-31(29(26)36-7)38-17-37-30/h11-13,16,27-28H,10,14-15,17H2,1-7H3/b23-11+. The molecule has 0 radical (unpaired) electrons. The first kappa shape index (κ1) is 26.7. The van der Waals surface area contributed by atoms with Crippen LogP contribution in [0.2, 0.25) is 0 Å². The van der Waals surface area contributed by atoms with Gasteiger partial charge in [0, 0.05) is 24.1 Å². The zero-order chi connectivity index (χ0) is 27.8. The lowest BCUT2D eigenvalue weighted by Crippen LogP contribution is -2.40. The van der Waals surface area contributed by atoms with E-state index in [1.54, 1.807) is 21.1 Å². The Kier molecular flexibility index (Phi) is 7.33. The number of benzene rings is 2. The number of carbonyl (C=O) groups is 1. The van der Waals surface area contributed by atoms with Crippen LogP contribution in [-0.4, -0.2) is 51.6 Å². The molecule has 0 amide bonds. The molecule has 2 unspecified atom stereocenters. The summed E-state index contributed by atoms with van der Waals surface area (Å²) in [6.45, 7) is 8.84. The Morgan fingerprint density at radius 1 is 1.15 bits per heavy atom. The minimum atomic E-state index is -0.533. The number of methoxy groups -OCH3 is 2. The lowest BCUT2D eigenvalue weighted by molar-refractivity contribution is -0.142. The maximum absolute atomic E-state index is 13.3. The summed E-state index contributed by atoms with van der Waals surface area (Å²) >= 11 is 0. The molecule has 2 aromatic rings. The maximum atomic E-state index is 13.3. The van der Waals surface area contributed by atoms with E-state index in [0.717, 1.165) is 40.8 Å². The first-order chi connectivity index (χ1) is 18.8. The molecule has 5 rings (SSSR count). The molecule has 39 heavy (non-hydrogen) atoms. The van der Waals surface area contributed by atoms with Gasteiger partial charge in [0.1, 0.15) is 17.4 Å². The smallest absolute Gasteiger partial charge is 0.342 e. The summed E-state index contributed by atoms with van der Waals surface area (Å²) in [5, 5.41) is 0. The van der Waals surface area contributed by atoms with Crippen LogP contribution in [0.3, 0.4) is 0 Å². The third kappa shape index (κ3) is 4.43. The summed E-state index contributed by atoms with van der Waals surface area (Å²) in [5.41, 5.74) is 7.87. The molecular formula is C32H35NO6. The van der Waals surface area contributed by atoms with E-state index < -0.39 is 12.1 Å². The number of hydrogen-bond acceptors (Lipinski definition) is 7. The highest BCUT2D eigenvalue weighted by atomic mass is 16.7. The molecule has 0 fully saturated rings. The van der Waals surface area contributed by atoms with Crippen LogP contribution in [0.4, 0.5) is 0 Å². The number of cyclic esters (lactones) is 1. The summed E-state index contributed by atoms with van der Waals surface area (Å²) in [7, 11) is 5.26. The van der Waals surface area contributed by atoms with Crippen LogP contribution < -0.4 is 14.2 Å². The predicted octanol–water partition coefficient (Wildman–Crippen LogP) is 5.42. The number of fused-ring (bicyclic) bond motifs is 2. The zero-order valence-electron chi connectivity index (χ0n) is 23.7. The van der Waals surface area contributed by atoms with E-state index >= 15 is 0 Å². The molecule has 0 saturated heterocycles. The Labute approximate surface area is 230 Å². The number of ether oxygens (including phenoxy) is 5. The summed E-state index contributed by atoms with van der Waals surface area (Å²) in [6.07, 6.45) is 2.56. The number of aryl methyl sites for hydroxylation is 2. The molecule has 2 aromatic carbocycles. The summed E-state index contributed by atoms with van der Waals surface area (Å²) in [5.74, 6) is 7.87. The second-order valence-electron chi connectivity index (χ2n) is 10.1. The number of rotatable bonds is 6. The summed E-state index contributed by atoms with van der Waals surface area (Å²) in [4.78, 5) is 15.5. The monoisotopic (exact) mass is 529 g/mol. The molecule has 0 bridgehead atoms. The van der Waals surface area contributed by atoms with E-state index in [0.29, 0.717) is 35.0 Å². The van der Waals surface area contributed by atoms with Crippen LogP contribution in [0, 0.1) is 25.7 Å². The lowest BCUT2D eigenvalue weighted by atomic mass is 9.81. The van der Waals surface area contributed by atoms with Gasteiger partial charge in [-0.15, -0.1) is 5.92 Å². The molecule has 0 aromatic heterocycles. The van der Waals surface area contributed by atoms with Crippen molar-refractivity contribution in [2.45, 2.75) is 52.7 Å². The van der Waals surface area contributed by atoms with E-state index in [1.165, 1.54) is 11.1 Å². The SMILES string of the molecule is CC#CC/C=C(/OC)C1=C(C)C(C2c3c(c(-c4ccc(C)c(C)c4)c4c(c3OC)OCO4)CCN2C)OC1=O. The summed E-state index contributed by atoms with van der Waals surface area (Å²) in [6, 6.07) is 6.17. The van der Waals surface area contributed by atoms with Crippen LogP contribution in [0.15, 0.2) is 41.2 Å². The first-order valence-corrected chi connectivity index (χ1v) is 13.2. The normalized spacial score (nSPS) is 20.4. The van der Waals surface area contributed by atoms with Gasteiger partial charge in [-0.05, 0) is 75.1 Å². The highest BCUT2D eigenvalue weighted by Gasteiger charge is 2.46. The molecule has 0 N–H and O–H groups in total. The molecule has 0 aliphatic carbocycles. The molecule has 3 heterocycles. The Balaban J connectivity index is 1.71. The number of nitrogens with zero attached hydrogens (tertiary/aromatic N) is 1. The van der Waals surface area contributed by atoms with Crippen LogP contribution in [0.5, 0.6) is 17.2 Å². The van der Waals surface area contributed by atoms with Crippen molar-refractivity contribution in [1.82, 2.24) is 4.90 Å². The average Bonchev–Trinajstić information content (AvgIpc) is 3.51. The molecule has 204 valence electrons. The second kappa shape index (κ2) is 10.7. The van der Waals surface area contributed by atoms with E-state index in [9.17, 15) is 4.79 Å². The van der Waals surface area contributed by atoms with Crippen LogP contribution in [0.1, 0.15) is 48.6 Å². The van der Waals surface area contributed by atoms with E-state index in [1.807, 2.05) is 13.0 Å². The van der Waals surface area contributed by atoms with Crippen molar-refractivity contribution < 1.29 is 28.5 Å². The van der Waals surface area contributed by atoms with Crippen LogP contribution in [0.25, 0.3) is 11.1 Å². The number of hydrogen-bond donors (Lipinski definition) is 0. The first-order valence-electron chi connectivity index (χ1n) is 13.2. The van der Waals surface area contributed by atoms with Gasteiger partial charge in [0.25, 0.3) is 0 Å². The van der Waals surface area contributed by atoms with Gasteiger partial charge in [-0.1, -0.05) is 24.1 Å². The van der Waals surface area contributed by atoms with Gasteiger partial charge in [-0.3, -0.25) is 4.90 Å². The number of allylic oxidation sites excluding steroid dienone is 1. The fourth-order valence-corrected chi connectivity index (χ4v) is 5.87. The molecule has 3 aliphatic heterocycles. The number of esters is 1. The third-order valence-electron chi connectivity index (χ3n) is 7.98. The van der Waals surface area contributed by atoms with Crippen molar-refractivity contribution in [3.63, 3.8) is 0 Å². The zero-order valence-corrected chi connectivity index (χ0v) is 23.7. The number of carbonyl (C=O) groups excluding carboxylic acids is 1. The van der Waals surface area contributed by atoms with Gasteiger partial charge in [-0.25, -0.2) is 4.79 Å². The molecular weight excluding hydrogens is 494 g/mol. The quantitative estimate of drug-likeness (QED) is 0.281. The maximum Gasteiger partial charge on any atom is 0.342 e. The molecule has 0 spiro atoms. The van der Waals surface area contributed by atoms with Gasteiger partial charge in [0.05, 0.1) is 20.3 Å². The van der Waals surface area contributed by atoms with E-state index in [-0.39, 0.29) is 12.8 Å². The van der Waals surface area contributed by atoms with Crippen molar-refractivity contribution >= 4 is 5.97 Å². The van der Waals surface area contributed by atoms with E-state index in [2.05, 4.69) is 55.8 Å². The summed E-state index contributed by atoms with van der Waals surface area (Å²) < 4.78 is 29.8. The minimum Gasteiger partial charge on any atom is -0.496 e. The lowest BCUT2D eigenvalue weighted by Gasteiger charge is -2.39. The average molecular weight is 530 g/mol. The molecule has 0 saturated carbocycles. The van der Waals surface area contributed by atoms with Gasteiger partial charge in [-0.2, -0.15) is 0 Å². The van der Waals surface area contributed by atoms with Crippen molar-refractivity contribution in [1.29, 1.82) is 0 Å². The molecule has 2 atom stereocenters. The van der Waals surface area contributed by atoms with Crippen molar-refractivity contribution in [3.05, 3.63) is 63.4 Å². The largest absolute Gasteiger partial charge is 0.496 e.